The molecule has 0 bridgehead atoms. The molecule has 1 aliphatic rings. The third kappa shape index (κ3) is 2.31. The Bertz CT molecular complexity index is 790. The topological polar surface area (TPSA) is 88.3 Å². The van der Waals surface area contributed by atoms with Gasteiger partial charge < -0.3 is 5.32 Å². The Kier molecular flexibility index (Phi) is 3.26. The highest BCUT2D eigenvalue weighted by Crippen LogP contribution is 2.32. The molecule has 3 N–H and O–H groups in total. The maximum absolute atomic E-state index is 12.7. The van der Waals surface area contributed by atoms with Gasteiger partial charge in [-0.2, -0.15) is 0 Å². The van der Waals surface area contributed by atoms with E-state index in [1.54, 1.807) is 31.3 Å². The van der Waals surface area contributed by atoms with E-state index < -0.39 is 0 Å². The molecule has 1 aromatic carbocycles. The van der Waals surface area contributed by atoms with Crippen molar-refractivity contribution < 1.29 is 5.21 Å². The van der Waals surface area contributed by atoms with Crippen LogP contribution in [0, 0.1) is 0 Å². The highest BCUT2D eigenvalue weighted by Gasteiger charge is 2.28. The van der Waals surface area contributed by atoms with Crippen LogP contribution in [0.2, 0.25) is 0 Å². The summed E-state index contributed by atoms with van der Waals surface area (Å²) in [4.78, 5) is 24.7. The van der Waals surface area contributed by atoms with Crippen LogP contribution in [0.1, 0.15) is 18.9 Å². The van der Waals surface area contributed by atoms with Crippen LogP contribution >= 0.6 is 0 Å². The minimum atomic E-state index is -0.371. The largest absolute Gasteiger partial charge is 0.374 e. The Balaban J connectivity index is 2.27. The van der Waals surface area contributed by atoms with E-state index in [2.05, 4.69) is 10.8 Å². The van der Waals surface area contributed by atoms with E-state index in [0.717, 1.165) is 12.8 Å². The van der Waals surface area contributed by atoms with Gasteiger partial charge in [-0.15, -0.1) is 0 Å². The average Bonchev–Trinajstić information content (AvgIpc) is 3.31. The van der Waals surface area contributed by atoms with Crippen molar-refractivity contribution in [1.29, 1.82) is 0 Å². The molecular formula is C14H16N4O3. The highest BCUT2D eigenvalue weighted by atomic mass is 16.5. The summed E-state index contributed by atoms with van der Waals surface area (Å²) in [6, 6.07) is 8.17. The fraction of sp³-hybridized carbons (Fsp3) is 0.286. The summed E-state index contributed by atoms with van der Waals surface area (Å²) in [7, 11) is 1.65. The molecule has 7 nitrogen and oxygen atoms in total. The Hall–Kier alpha value is -2.54. The smallest absolute Gasteiger partial charge is 0.337 e. The molecule has 1 heterocycles. The molecule has 0 spiro atoms. The zero-order valence-corrected chi connectivity index (χ0v) is 11.5. The minimum Gasteiger partial charge on any atom is -0.374 e. The molecule has 7 heteroatoms. The third-order valence-electron chi connectivity index (χ3n) is 3.54. The Morgan fingerprint density at radius 2 is 2.00 bits per heavy atom. The Labute approximate surface area is 120 Å². The van der Waals surface area contributed by atoms with E-state index >= 15 is 0 Å². The van der Waals surface area contributed by atoms with Crippen molar-refractivity contribution in [1.82, 2.24) is 9.13 Å². The normalized spacial score (nSPS) is 14.0. The molecular weight excluding hydrogens is 272 g/mol. The average molecular weight is 288 g/mol. The van der Waals surface area contributed by atoms with Crippen molar-refractivity contribution in [2.75, 3.05) is 17.8 Å². The number of hydrogen-bond acceptors (Lipinski definition) is 5. The maximum atomic E-state index is 12.7. The van der Waals surface area contributed by atoms with Gasteiger partial charge in [-0.25, -0.2) is 9.36 Å². The summed E-state index contributed by atoms with van der Waals surface area (Å²) in [6.45, 7) is 0. The van der Waals surface area contributed by atoms with Crippen LogP contribution in [-0.2, 0) is 0 Å². The molecule has 1 fully saturated rings. The second kappa shape index (κ2) is 5.10. The van der Waals surface area contributed by atoms with Crippen molar-refractivity contribution in [2.24, 2.45) is 0 Å². The van der Waals surface area contributed by atoms with Gasteiger partial charge in [-0.3, -0.25) is 20.0 Å². The molecule has 0 radical (unpaired) electrons. The van der Waals surface area contributed by atoms with Crippen LogP contribution in [-0.4, -0.2) is 21.4 Å². The van der Waals surface area contributed by atoms with Crippen LogP contribution in [0.25, 0.3) is 5.69 Å². The summed E-state index contributed by atoms with van der Waals surface area (Å²) < 4.78 is 2.72. The molecule has 1 aliphatic carbocycles. The molecule has 1 aromatic heterocycles. The van der Waals surface area contributed by atoms with Gasteiger partial charge in [0.05, 0.1) is 11.4 Å². The predicted molar refractivity (Wildman–Crippen MR) is 79.5 cm³/mol. The number of benzene rings is 1. The number of hydrogen-bond donors (Lipinski definition) is 3. The molecule has 0 unspecified atom stereocenters. The van der Waals surface area contributed by atoms with Crippen molar-refractivity contribution in [3.63, 3.8) is 0 Å². The first kappa shape index (κ1) is 13.4. The molecule has 21 heavy (non-hydrogen) atoms. The van der Waals surface area contributed by atoms with Gasteiger partial charge in [0.1, 0.15) is 5.82 Å². The number of nitrogens with one attached hydrogen (secondary N) is 2. The lowest BCUT2D eigenvalue weighted by atomic mass is 10.2. The fourth-order valence-electron chi connectivity index (χ4n) is 2.37. The van der Waals surface area contributed by atoms with E-state index in [1.165, 1.54) is 15.2 Å². The van der Waals surface area contributed by atoms with Crippen molar-refractivity contribution in [3.05, 3.63) is 51.2 Å². The van der Waals surface area contributed by atoms with Crippen LogP contribution < -0.4 is 22.0 Å². The quantitative estimate of drug-likeness (QED) is 0.735. The SMILES string of the molecule is CNc1cc(=O)n(C2CC2)c(=O)n1-c1cccc(NO)c1. The summed E-state index contributed by atoms with van der Waals surface area (Å²) in [5.74, 6) is 0.414. The maximum Gasteiger partial charge on any atom is 0.337 e. The molecule has 2 aromatic rings. The number of rotatable bonds is 4. The molecule has 0 saturated heterocycles. The molecule has 0 amide bonds. The summed E-state index contributed by atoms with van der Waals surface area (Å²) in [5, 5.41) is 11.9. The molecule has 0 atom stereocenters. The Morgan fingerprint density at radius 3 is 2.62 bits per heavy atom. The van der Waals surface area contributed by atoms with Crippen molar-refractivity contribution in [2.45, 2.75) is 18.9 Å². The second-order valence-electron chi connectivity index (χ2n) is 5.00. The van der Waals surface area contributed by atoms with Gasteiger partial charge in [0, 0.05) is 19.2 Å². The van der Waals surface area contributed by atoms with E-state index in [-0.39, 0.29) is 17.3 Å². The summed E-state index contributed by atoms with van der Waals surface area (Å²) >= 11 is 0. The Morgan fingerprint density at radius 1 is 1.24 bits per heavy atom. The summed E-state index contributed by atoms with van der Waals surface area (Å²) in [5.41, 5.74) is 2.42. The van der Waals surface area contributed by atoms with E-state index in [4.69, 9.17) is 5.21 Å². The zero-order chi connectivity index (χ0) is 15.0. The van der Waals surface area contributed by atoms with Gasteiger partial charge in [-0.05, 0) is 31.0 Å². The molecule has 0 aliphatic heterocycles. The first-order chi connectivity index (χ1) is 10.2. The van der Waals surface area contributed by atoms with Gasteiger partial charge in [0.25, 0.3) is 5.56 Å². The first-order valence-electron chi connectivity index (χ1n) is 6.72. The highest BCUT2D eigenvalue weighted by molar-refractivity contribution is 5.53. The lowest BCUT2D eigenvalue weighted by molar-refractivity contribution is 0.389. The molecule has 110 valence electrons. The summed E-state index contributed by atoms with van der Waals surface area (Å²) in [6.07, 6.45) is 1.71. The zero-order valence-electron chi connectivity index (χ0n) is 11.5. The number of anilines is 2. The number of nitrogens with zero attached hydrogens (tertiary/aromatic N) is 2. The lowest BCUT2D eigenvalue weighted by Crippen LogP contribution is -2.39. The van der Waals surface area contributed by atoms with Crippen molar-refractivity contribution >= 4 is 11.5 Å². The van der Waals surface area contributed by atoms with Gasteiger partial charge in [-0.1, -0.05) is 6.07 Å². The lowest BCUT2D eigenvalue weighted by Gasteiger charge is -2.15. The van der Waals surface area contributed by atoms with E-state index in [0.29, 0.717) is 17.2 Å². The van der Waals surface area contributed by atoms with Crippen LogP contribution in [0.15, 0.2) is 39.9 Å². The second-order valence-corrected chi connectivity index (χ2v) is 5.00. The standard InChI is InChI=1S/C14H16N4O3/c1-15-12-8-13(19)18(10-5-6-10)14(20)17(12)11-4-2-3-9(7-11)16-21/h2-4,7-8,10,15-16,21H,5-6H2,1H3. The minimum absolute atomic E-state index is 0.00121. The molecule has 3 rings (SSSR count). The van der Waals surface area contributed by atoms with Crippen LogP contribution in [0.5, 0.6) is 0 Å². The number of aromatic nitrogens is 2. The monoisotopic (exact) mass is 288 g/mol. The molecule has 1 saturated carbocycles. The van der Waals surface area contributed by atoms with Crippen molar-refractivity contribution in [3.8, 4) is 5.69 Å². The van der Waals surface area contributed by atoms with Gasteiger partial charge >= 0.3 is 5.69 Å². The first-order valence-corrected chi connectivity index (χ1v) is 6.72. The van der Waals surface area contributed by atoms with Crippen LogP contribution in [0.4, 0.5) is 11.5 Å². The van der Waals surface area contributed by atoms with Gasteiger partial charge in [0.15, 0.2) is 0 Å². The van der Waals surface area contributed by atoms with Gasteiger partial charge in [0.2, 0.25) is 0 Å². The van der Waals surface area contributed by atoms with Crippen LogP contribution in [0.3, 0.4) is 0 Å². The predicted octanol–water partition coefficient (Wildman–Crippen LogP) is 1.18. The van der Waals surface area contributed by atoms with E-state index in [9.17, 15) is 9.59 Å². The van der Waals surface area contributed by atoms with E-state index in [1.807, 2.05) is 0 Å². The fourth-order valence-corrected chi connectivity index (χ4v) is 2.37. The third-order valence-corrected chi connectivity index (χ3v) is 3.54.